The van der Waals surface area contributed by atoms with Gasteiger partial charge in [0.15, 0.2) is 5.69 Å². The van der Waals surface area contributed by atoms with Gasteiger partial charge >= 0.3 is 6.18 Å². The van der Waals surface area contributed by atoms with Gasteiger partial charge in [0.2, 0.25) is 5.91 Å². The molecule has 0 aromatic carbocycles. The van der Waals surface area contributed by atoms with E-state index < -0.39 is 11.9 Å². The average molecular weight is 448 g/mol. The number of hydrogen-bond acceptors (Lipinski definition) is 3. The van der Waals surface area contributed by atoms with E-state index in [1.54, 1.807) is 22.8 Å². The van der Waals surface area contributed by atoms with E-state index in [1.807, 2.05) is 13.0 Å². The molecular formula is C17H21BrF3N5O. The maximum atomic E-state index is 13.1. The van der Waals surface area contributed by atoms with Crippen LogP contribution in [-0.2, 0) is 30.6 Å². The number of aryl methyl sites for hydroxylation is 2. The molecule has 2 aromatic heterocycles. The summed E-state index contributed by atoms with van der Waals surface area (Å²) in [5.74, 6) is -0.0736. The molecule has 0 saturated heterocycles. The molecule has 1 fully saturated rings. The van der Waals surface area contributed by atoms with Crippen LogP contribution < -0.4 is 0 Å². The van der Waals surface area contributed by atoms with Crippen molar-refractivity contribution in [1.29, 1.82) is 0 Å². The van der Waals surface area contributed by atoms with E-state index in [9.17, 15) is 18.0 Å². The van der Waals surface area contributed by atoms with Crippen LogP contribution in [0.1, 0.15) is 49.2 Å². The van der Waals surface area contributed by atoms with Crippen LogP contribution in [0.5, 0.6) is 0 Å². The molecule has 0 unspecified atom stereocenters. The molecule has 1 saturated carbocycles. The number of aromatic nitrogens is 4. The first-order valence-electron chi connectivity index (χ1n) is 8.80. The van der Waals surface area contributed by atoms with Crippen molar-refractivity contribution in [3.05, 3.63) is 33.8 Å². The highest BCUT2D eigenvalue weighted by atomic mass is 79.9. The van der Waals surface area contributed by atoms with E-state index in [2.05, 4.69) is 26.1 Å². The molecule has 6 nitrogen and oxygen atoms in total. The molecule has 1 amide bonds. The van der Waals surface area contributed by atoms with E-state index in [1.165, 1.54) is 4.68 Å². The molecule has 0 aliphatic heterocycles. The minimum atomic E-state index is -4.52. The fraction of sp³-hybridized carbons (Fsp3) is 0.588. The molecule has 0 spiro atoms. The van der Waals surface area contributed by atoms with Gasteiger partial charge in [0.05, 0.1) is 29.0 Å². The molecule has 1 aliphatic carbocycles. The molecule has 2 heterocycles. The van der Waals surface area contributed by atoms with Crippen molar-refractivity contribution in [1.82, 2.24) is 24.5 Å². The first-order valence-corrected chi connectivity index (χ1v) is 9.59. The molecule has 0 N–H and O–H groups in total. The van der Waals surface area contributed by atoms with E-state index in [-0.39, 0.29) is 29.3 Å². The third-order valence-corrected chi connectivity index (χ3v) is 5.41. The van der Waals surface area contributed by atoms with Gasteiger partial charge in [-0.3, -0.25) is 14.2 Å². The van der Waals surface area contributed by atoms with Crippen LogP contribution in [0.25, 0.3) is 0 Å². The highest BCUT2D eigenvalue weighted by Gasteiger charge is 2.41. The second-order valence-corrected chi connectivity index (χ2v) is 7.47. The fourth-order valence-electron chi connectivity index (χ4n) is 3.05. The quantitative estimate of drug-likeness (QED) is 0.648. The Morgan fingerprint density at radius 3 is 2.67 bits per heavy atom. The Labute approximate surface area is 163 Å². The number of rotatable bonds is 7. The maximum absolute atomic E-state index is 13.1. The van der Waals surface area contributed by atoms with Crippen LogP contribution in [0.15, 0.2) is 16.7 Å². The van der Waals surface area contributed by atoms with Crippen molar-refractivity contribution in [2.45, 2.75) is 57.9 Å². The monoisotopic (exact) mass is 447 g/mol. The minimum Gasteiger partial charge on any atom is -0.340 e. The van der Waals surface area contributed by atoms with Gasteiger partial charge in [-0.15, -0.1) is 0 Å². The molecule has 148 valence electrons. The van der Waals surface area contributed by atoms with Gasteiger partial charge in [-0.05, 0) is 41.8 Å². The molecule has 2 aromatic rings. The van der Waals surface area contributed by atoms with Crippen LogP contribution >= 0.6 is 15.9 Å². The van der Waals surface area contributed by atoms with E-state index in [0.29, 0.717) is 18.8 Å². The second-order valence-electron chi connectivity index (χ2n) is 6.68. The lowest BCUT2D eigenvalue weighted by molar-refractivity contribution is -0.142. The third-order valence-electron chi connectivity index (χ3n) is 4.63. The zero-order chi connectivity index (χ0) is 19.8. The normalized spacial score (nSPS) is 14.6. The summed E-state index contributed by atoms with van der Waals surface area (Å²) in [7, 11) is 1.68. The van der Waals surface area contributed by atoms with Crippen molar-refractivity contribution in [3.63, 3.8) is 0 Å². The highest BCUT2D eigenvalue weighted by molar-refractivity contribution is 9.10. The van der Waals surface area contributed by atoms with Gasteiger partial charge in [0.1, 0.15) is 0 Å². The van der Waals surface area contributed by atoms with Crippen molar-refractivity contribution >= 4 is 21.8 Å². The Hall–Kier alpha value is -1.84. The number of amides is 1. The zero-order valence-electron chi connectivity index (χ0n) is 15.1. The van der Waals surface area contributed by atoms with Crippen LogP contribution in [-0.4, -0.2) is 37.4 Å². The number of carbonyl (C=O) groups is 1. The Bertz CT molecular complexity index is 825. The SMILES string of the molecule is CCn1nccc1CN(C)C(=O)CCn1nc(C(F)(F)F)c(Br)c1C1CC1. The summed E-state index contributed by atoms with van der Waals surface area (Å²) in [4.78, 5) is 14.0. The molecule has 0 bridgehead atoms. The predicted octanol–water partition coefficient (Wildman–Crippen LogP) is 3.81. The van der Waals surface area contributed by atoms with Crippen molar-refractivity contribution in [3.8, 4) is 0 Å². The van der Waals surface area contributed by atoms with Crippen LogP contribution in [0.4, 0.5) is 13.2 Å². The number of hydrogen-bond donors (Lipinski definition) is 0. The van der Waals surface area contributed by atoms with Crippen LogP contribution in [0.2, 0.25) is 0 Å². The summed E-state index contributed by atoms with van der Waals surface area (Å²) in [6, 6.07) is 1.85. The first kappa shape index (κ1) is 19.9. The number of nitrogens with zero attached hydrogens (tertiary/aromatic N) is 5. The number of halogens is 4. The van der Waals surface area contributed by atoms with E-state index >= 15 is 0 Å². The van der Waals surface area contributed by atoms with Crippen LogP contribution in [0, 0.1) is 0 Å². The zero-order valence-corrected chi connectivity index (χ0v) is 16.7. The lowest BCUT2D eigenvalue weighted by atomic mass is 10.2. The van der Waals surface area contributed by atoms with Gasteiger partial charge in [0, 0.05) is 32.1 Å². The third kappa shape index (κ3) is 4.36. The van der Waals surface area contributed by atoms with E-state index in [4.69, 9.17) is 0 Å². The van der Waals surface area contributed by atoms with E-state index in [0.717, 1.165) is 18.5 Å². The van der Waals surface area contributed by atoms with Crippen LogP contribution in [0.3, 0.4) is 0 Å². The largest absolute Gasteiger partial charge is 0.436 e. The average Bonchev–Trinajstić information content (AvgIpc) is 3.23. The van der Waals surface area contributed by atoms with Gasteiger partial charge in [-0.25, -0.2) is 0 Å². The molecule has 10 heteroatoms. The Kier molecular flexibility index (Phi) is 5.64. The molecule has 0 atom stereocenters. The lowest BCUT2D eigenvalue weighted by Gasteiger charge is -2.18. The standard InChI is InChI=1S/C17H21BrF3N5O/c1-3-25-12(6-8-22-25)10-24(2)13(27)7-9-26-15(11-4-5-11)14(18)16(23-26)17(19,20)21/h6,8,11H,3-5,7,9-10H2,1-2H3. The van der Waals surface area contributed by atoms with Gasteiger partial charge in [-0.2, -0.15) is 23.4 Å². The van der Waals surface area contributed by atoms with Crippen molar-refractivity contribution in [2.24, 2.45) is 0 Å². The minimum absolute atomic E-state index is 0.00477. The smallest absolute Gasteiger partial charge is 0.340 e. The second kappa shape index (κ2) is 7.65. The molecule has 0 radical (unpaired) electrons. The fourth-order valence-corrected chi connectivity index (χ4v) is 3.89. The summed E-state index contributed by atoms with van der Waals surface area (Å²) in [5, 5.41) is 7.90. The molecule has 3 rings (SSSR count). The first-order chi connectivity index (χ1) is 12.7. The molecular weight excluding hydrogens is 427 g/mol. The van der Waals surface area contributed by atoms with Crippen molar-refractivity contribution in [2.75, 3.05) is 7.05 Å². The summed E-state index contributed by atoms with van der Waals surface area (Å²) in [5.41, 5.74) is 0.534. The Balaban J connectivity index is 1.68. The molecule has 27 heavy (non-hydrogen) atoms. The van der Waals surface area contributed by atoms with Gasteiger partial charge in [0.25, 0.3) is 0 Å². The van der Waals surface area contributed by atoms with Crippen molar-refractivity contribution < 1.29 is 18.0 Å². The lowest BCUT2D eigenvalue weighted by Crippen LogP contribution is -2.28. The number of alkyl halides is 3. The highest BCUT2D eigenvalue weighted by Crippen LogP contribution is 2.47. The molecule has 1 aliphatic rings. The summed E-state index contributed by atoms with van der Waals surface area (Å²) < 4.78 is 42.6. The summed E-state index contributed by atoms with van der Waals surface area (Å²) in [6.45, 7) is 3.19. The summed E-state index contributed by atoms with van der Waals surface area (Å²) in [6.07, 6.45) is -1.07. The predicted molar refractivity (Wildman–Crippen MR) is 95.9 cm³/mol. The Morgan fingerprint density at radius 2 is 2.07 bits per heavy atom. The summed E-state index contributed by atoms with van der Waals surface area (Å²) >= 11 is 3.06. The number of carbonyl (C=O) groups excluding carboxylic acids is 1. The van der Waals surface area contributed by atoms with Gasteiger partial charge < -0.3 is 4.90 Å². The Morgan fingerprint density at radius 1 is 1.37 bits per heavy atom. The van der Waals surface area contributed by atoms with Gasteiger partial charge in [-0.1, -0.05) is 0 Å². The maximum Gasteiger partial charge on any atom is 0.436 e. The topological polar surface area (TPSA) is 56.0 Å².